The van der Waals surface area contributed by atoms with Gasteiger partial charge in [0.2, 0.25) is 0 Å². The molecule has 0 unspecified atom stereocenters. The summed E-state index contributed by atoms with van der Waals surface area (Å²) in [5.41, 5.74) is 7.95. The number of halogens is 1. The third kappa shape index (κ3) is 2.90. The molecular weight excluding hydrogens is 391 g/mol. The molecule has 4 aromatic heterocycles. The largest absolute Gasteiger partial charge is 0.353 e. The molecule has 0 aliphatic heterocycles. The zero-order valence-corrected chi connectivity index (χ0v) is 16.6. The number of aryl methyl sites for hydroxylation is 1. The highest BCUT2D eigenvalue weighted by atomic mass is 19.1. The highest BCUT2D eigenvalue weighted by molar-refractivity contribution is 6.01. The fourth-order valence-corrected chi connectivity index (χ4v) is 4.10. The molecule has 0 radical (unpaired) electrons. The number of rotatable bonds is 3. The number of hydrogen-bond donors (Lipinski definition) is 3. The summed E-state index contributed by atoms with van der Waals surface area (Å²) in [5.74, 6) is -0.236. The number of nitrogens with one attached hydrogen (secondary N) is 3. The highest BCUT2D eigenvalue weighted by Gasteiger charge is 2.15. The molecule has 6 nitrogen and oxygen atoms in total. The van der Waals surface area contributed by atoms with Crippen LogP contribution in [0.2, 0.25) is 0 Å². The van der Waals surface area contributed by atoms with Crippen LogP contribution in [0.4, 0.5) is 4.39 Å². The molecule has 0 bridgehead atoms. The topological polar surface area (TPSA) is 86.0 Å². The average molecular weight is 408 g/mol. The van der Waals surface area contributed by atoms with Crippen molar-refractivity contribution in [3.05, 3.63) is 78.5 Å². The van der Waals surface area contributed by atoms with Crippen LogP contribution >= 0.6 is 0 Å². The summed E-state index contributed by atoms with van der Waals surface area (Å²) in [6, 6.07) is 15.2. The van der Waals surface area contributed by atoms with E-state index in [1.807, 2.05) is 43.5 Å². The number of fused-ring (bicyclic) bond motifs is 2. The van der Waals surface area contributed by atoms with E-state index in [-0.39, 0.29) is 5.82 Å². The third-order valence-electron chi connectivity index (χ3n) is 5.51. The van der Waals surface area contributed by atoms with Crippen molar-refractivity contribution in [2.45, 2.75) is 6.92 Å². The fraction of sp³-hybridized carbons (Fsp3) is 0.0417. The molecule has 0 amide bonds. The summed E-state index contributed by atoms with van der Waals surface area (Å²) in [5, 5.41) is 16.4. The van der Waals surface area contributed by atoms with Gasteiger partial charge in [-0.3, -0.25) is 15.2 Å². The summed E-state index contributed by atoms with van der Waals surface area (Å²) in [6.07, 6.45) is 5.33. The average Bonchev–Trinajstić information content (AvgIpc) is 3.50. The number of hydrogen-bond acceptors (Lipinski definition) is 3. The second kappa shape index (κ2) is 6.63. The normalized spacial score (nSPS) is 11.5. The Labute approximate surface area is 176 Å². The molecular formula is C24H17FN6. The van der Waals surface area contributed by atoms with Gasteiger partial charge in [-0.15, -0.1) is 0 Å². The minimum absolute atomic E-state index is 0.236. The Balaban J connectivity index is 1.53. The molecule has 150 valence electrons. The van der Waals surface area contributed by atoms with Crippen LogP contribution in [0.1, 0.15) is 5.56 Å². The Morgan fingerprint density at radius 3 is 2.68 bits per heavy atom. The second-order valence-electron chi connectivity index (χ2n) is 7.64. The van der Waals surface area contributed by atoms with Crippen LogP contribution in [-0.2, 0) is 0 Å². The first kappa shape index (κ1) is 17.6. The number of pyridine rings is 1. The van der Waals surface area contributed by atoms with Crippen molar-refractivity contribution in [3.8, 4) is 33.8 Å². The van der Waals surface area contributed by atoms with Crippen molar-refractivity contribution in [1.29, 1.82) is 0 Å². The number of nitrogens with zero attached hydrogens (tertiary/aromatic N) is 3. The maximum atomic E-state index is 14.0. The summed E-state index contributed by atoms with van der Waals surface area (Å²) < 4.78 is 14.0. The van der Waals surface area contributed by atoms with Crippen LogP contribution < -0.4 is 0 Å². The Morgan fingerprint density at radius 2 is 1.84 bits per heavy atom. The lowest BCUT2D eigenvalue weighted by Gasteiger charge is -2.05. The Kier molecular flexibility index (Phi) is 3.76. The first-order valence-electron chi connectivity index (χ1n) is 9.89. The van der Waals surface area contributed by atoms with E-state index in [0.717, 1.165) is 61.1 Å². The van der Waals surface area contributed by atoms with Crippen molar-refractivity contribution < 1.29 is 4.39 Å². The molecule has 6 aromatic rings. The first-order chi connectivity index (χ1) is 15.2. The SMILES string of the molecule is Cc1cc(F)cc(-c2cccc3[nH]c(-c4n[nH]c5cnc(-c6cn[nH]c6)cc45)cc23)c1. The van der Waals surface area contributed by atoms with Crippen LogP contribution in [0.15, 0.2) is 67.1 Å². The maximum absolute atomic E-state index is 14.0. The van der Waals surface area contributed by atoms with Crippen molar-refractivity contribution in [2.75, 3.05) is 0 Å². The number of H-pyrrole nitrogens is 3. The van der Waals surface area contributed by atoms with Gasteiger partial charge in [-0.25, -0.2) is 4.39 Å². The minimum atomic E-state index is -0.236. The van der Waals surface area contributed by atoms with Gasteiger partial charge in [-0.05, 0) is 53.9 Å². The van der Waals surface area contributed by atoms with Crippen molar-refractivity contribution in [1.82, 2.24) is 30.4 Å². The van der Waals surface area contributed by atoms with Gasteiger partial charge in [-0.2, -0.15) is 10.2 Å². The van der Waals surface area contributed by atoms with Gasteiger partial charge in [0.25, 0.3) is 0 Å². The highest BCUT2D eigenvalue weighted by Crippen LogP contribution is 2.35. The monoisotopic (exact) mass is 408 g/mol. The van der Waals surface area contributed by atoms with Crippen LogP contribution in [-0.4, -0.2) is 30.4 Å². The number of aromatic nitrogens is 6. The summed E-state index contributed by atoms with van der Waals surface area (Å²) in [4.78, 5) is 7.96. The predicted octanol–water partition coefficient (Wildman–Crippen LogP) is 5.61. The standard InChI is InChI=1S/C24H17FN6/c1-13-5-14(7-16(25)6-13)17-3-2-4-20-18(17)8-22(29-20)24-19-9-21(15-10-27-28-11-15)26-12-23(19)30-31-24/h2-12,29H,1H3,(H,27,28)(H,30,31). The molecule has 4 heterocycles. The first-order valence-corrected chi connectivity index (χ1v) is 9.89. The molecule has 0 spiro atoms. The van der Waals surface area contributed by atoms with E-state index in [1.165, 1.54) is 6.07 Å². The van der Waals surface area contributed by atoms with E-state index in [1.54, 1.807) is 18.5 Å². The van der Waals surface area contributed by atoms with Gasteiger partial charge in [0.05, 0.1) is 29.3 Å². The van der Waals surface area contributed by atoms with E-state index in [9.17, 15) is 4.39 Å². The molecule has 31 heavy (non-hydrogen) atoms. The lowest BCUT2D eigenvalue weighted by Crippen LogP contribution is -1.84. The van der Waals surface area contributed by atoms with Gasteiger partial charge in [0.1, 0.15) is 11.5 Å². The van der Waals surface area contributed by atoms with Crippen molar-refractivity contribution >= 4 is 21.8 Å². The van der Waals surface area contributed by atoms with Crippen LogP contribution in [0.25, 0.3) is 55.6 Å². The molecule has 3 N–H and O–H groups in total. The van der Waals surface area contributed by atoms with Gasteiger partial charge in [-0.1, -0.05) is 18.2 Å². The summed E-state index contributed by atoms with van der Waals surface area (Å²) in [7, 11) is 0. The van der Waals surface area contributed by atoms with E-state index in [0.29, 0.717) is 0 Å². The van der Waals surface area contributed by atoms with Crippen LogP contribution in [0, 0.1) is 12.7 Å². The third-order valence-corrected chi connectivity index (χ3v) is 5.51. The lowest BCUT2D eigenvalue weighted by molar-refractivity contribution is 0.627. The zero-order chi connectivity index (χ0) is 20.9. The molecule has 0 atom stereocenters. The lowest BCUT2D eigenvalue weighted by atomic mass is 9.99. The molecule has 0 aliphatic carbocycles. The van der Waals surface area contributed by atoms with E-state index >= 15 is 0 Å². The van der Waals surface area contributed by atoms with Crippen LogP contribution in [0.5, 0.6) is 0 Å². The minimum Gasteiger partial charge on any atom is -0.353 e. The summed E-state index contributed by atoms with van der Waals surface area (Å²) >= 11 is 0. The summed E-state index contributed by atoms with van der Waals surface area (Å²) in [6.45, 7) is 1.90. The van der Waals surface area contributed by atoms with Gasteiger partial charge in [0, 0.05) is 28.0 Å². The Bertz CT molecular complexity index is 1540. The Morgan fingerprint density at radius 1 is 0.903 bits per heavy atom. The Hall–Kier alpha value is -4.26. The van der Waals surface area contributed by atoms with E-state index in [4.69, 9.17) is 0 Å². The zero-order valence-electron chi connectivity index (χ0n) is 16.6. The molecule has 0 aliphatic rings. The smallest absolute Gasteiger partial charge is 0.124 e. The second-order valence-corrected chi connectivity index (χ2v) is 7.64. The molecule has 7 heteroatoms. The van der Waals surface area contributed by atoms with Crippen LogP contribution in [0.3, 0.4) is 0 Å². The molecule has 2 aromatic carbocycles. The fourth-order valence-electron chi connectivity index (χ4n) is 4.10. The van der Waals surface area contributed by atoms with E-state index in [2.05, 4.69) is 36.4 Å². The molecule has 6 rings (SSSR count). The van der Waals surface area contributed by atoms with Crippen molar-refractivity contribution in [3.63, 3.8) is 0 Å². The molecule has 0 fully saturated rings. The quantitative estimate of drug-likeness (QED) is 0.356. The number of aromatic amines is 3. The van der Waals surface area contributed by atoms with Gasteiger partial charge in [0.15, 0.2) is 0 Å². The predicted molar refractivity (Wildman–Crippen MR) is 119 cm³/mol. The molecule has 0 saturated carbocycles. The van der Waals surface area contributed by atoms with Gasteiger partial charge < -0.3 is 4.98 Å². The van der Waals surface area contributed by atoms with E-state index < -0.39 is 0 Å². The number of benzene rings is 2. The molecule has 0 saturated heterocycles. The van der Waals surface area contributed by atoms with Crippen molar-refractivity contribution in [2.24, 2.45) is 0 Å². The maximum Gasteiger partial charge on any atom is 0.124 e. The van der Waals surface area contributed by atoms with Gasteiger partial charge >= 0.3 is 0 Å².